The number of nitro groups is 1. The van der Waals surface area contributed by atoms with E-state index in [0.717, 1.165) is 32.4 Å². The first-order valence-corrected chi connectivity index (χ1v) is 8.87. The van der Waals surface area contributed by atoms with Crippen molar-refractivity contribution in [3.63, 3.8) is 0 Å². The van der Waals surface area contributed by atoms with Crippen LogP contribution in [0.15, 0.2) is 12.1 Å². The molecule has 0 aliphatic carbocycles. The largest absolute Gasteiger partial charge is 0.465 e. The number of halogens is 1. The summed E-state index contributed by atoms with van der Waals surface area (Å²) in [4.78, 5) is 21.5. The molecular formula is C17H24ClN3O4. The second-order valence-electron chi connectivity index (χ2n) is 6.37. The van der Waals surface area contributed by atoms with Crippen molar-refractivity contribution >= 4 is 29.4 Å². The Bertz CT molecular complexity index is 606. The molecule has 2 N–H and O–H groups in total. The van der Waals surface area contributed by atoms with E-state index >= 15 is 0 Å². The van der Waals surface area contributed by atoms with Crippen molar-refractivity contribution in [1.29, 1.82) is 0 Å². The quantitative estimate of drug-likeness (QED) is 0.394. The van der Waals surface area contributed by atoms with E-state index in [1.54, 1.807) is 13.0 Å². The van der Waals surface area contributed by atoms with Gasteiger partial charge in [0, 0.05) is 24.1 Å². The lowest BCUT2D eigenvalue weighted by Gasteiger charge is -2.26. The van der Waals surface area contributed by atoms with Gasteiger partial charge in [-0.15, -0.1) is 0 Å². The number of hydrogen-bond donors (Lipinski definition) is 2. The molecule has 1 fully saturated rings. The Morgan fingerprint density at radius 1 is 1.48 bits per heavy atom. The van der Waals surface area contributed by atoms with Crippen LogP contribution in [0, 0.1) is 23.0 Å². The van der Waals surface area contributed by atoms with Crippen molar-refractivity contribution < 1.29 is 14.5 Å². The third-order valence-corrected chi connectivity index (χ3v) is 4.97. The highest BCUT2D eigenvalue weighted by atomic mass is 35.5. The van der Waals surface area contributed by atoms with Crippen LogP contribution in [0.2, 0.25) is 5.02 Å². The molecule has 1 aliphatic heterocycles. The summed E-state index contributed by atoms with van der Waals surface area (Å²) in [7, 11) is 0. The Hall–Kier alpha value is -1.86. The molecule has 25 heavy (non-hydrogen) atoms. The second kappa shape index (κ2) is 9.58. The minimum Gasteiger partial charge on any atom is -0.465 e. The van der Waals surface area contributed by atoms with Crippen LogP contribution in [0.5, 0.6) is 0 Å². The normalized spacial score (nSPS) is 16.2. The summed E-state index contributed by atoms with van der Waals surface area (Å²) in [5, 5.41) is 18.0. The minimum absolute atomic E-state index is 0.00638. The summed E-state index contributed by atoms with van der Waals surface area (Å²) in [5.41, 5.74) is 1.03. The van der Waals surface area contributed by atoms with Crippen molar-refractivity contribution in [2.24, 2.45) is 5.92 Å². The predicted octanol–water partition coefficient (Wildman–Crippen LogP) is 3.29. The van der Waals surface area contributed by atoms with Crippen molar-refractivity contribution in [2.75, 3.05) is 25.0 Å². The number of piperidine rings is 1. The molecule has 1 unspecified atom stereocenters. The number of ether oxygens (including phenoxy) is 1. The highest BCUT2D eigenvalue weighted by molar-refractivity contribution is 6.31. The number of hydrogen-bond acceptors (Lipinski definition) is 6. The summed E-state index contributed by atoms with van der Waals surface area (Å²) in [6, 6.07) is 3.02. The van der Waals surface area contributed by atoms with E-state index in [1.807, 2.05) is 0 Å². The van der Waals surface area contributed by atoms with Gasteiger partial charge < -0.3 is 15.4 Å². The molecule has 1 aliphatic rings. The monoisotopic (exact) mass is 369 g/mol. The van der Waals surface area contributed by atoms with Crippen molar-refractivity contribution in [3.8, 4) is 0 Å². The van der Waals surface area contributed by atoms with Gasteiger partial charge in [-0.3, -0.25) is 14.9 Å². The van der Waals surface area contributed by atoms with Gasteiger partial charge in [0.2, 0.25) is 0 Å². The number of carbonyl (C=O) groups excluding carboxylic acids is 1. The highest BCUT2D eigenvalue weighted by Gasteiger charge is 2.21. The van der Waals surface area contributed by atoms with Crippen LogP contribution in [-0.4, -0.2) is 37.1 Å². The standard InChI is InChI=1S/C17H24ClN3O4/c1-12-8-17(21(23)24)16(10-15(12)18)20-7-4-14(25-11-22)9-13-2-5-19-6-3-13/h8,10-11,13-14,19-20H,2-7,9H2,1H3. The van der Waals surface area contributed by atoms with E-state index in [1.165, 1.54) is 6.07 Å². The smallest absolute Gasteiger partial charge is 0.293 e. The first kappa shape index (κ1) is 19.5. The Kier molecular flexibility index (Phi) is 7.46. The van der Waals surface area contributed by atoms with Gasteiger partial charge in [-0.05, 0) is 56.8 Å². The average Bonchev–Trinajstić information content (AvgIpc) is 2.58. The number of benzene rings is 1. The molecule has 138 valence electrons. The van der Waals surface area contributed by atoms with Gasteiger partial charge in [0.15, 0.2) is 0 Å². The van der Waals surface area contributed by atoms with Gasteiger partial charge in [-0.2, -0.15) is 0 Å². The number of aryl methyl sites for hydroxylation is 1. The number of nitrogens with one attached hydrogen (secondary N) is 2. The SMILES string of the molecule is Cc1cc([N+](=O)[O-])c(NCCC(CC2CCNCC2)OC=O)cc1Cl. The lowest BCUT2D eigenvalue weighted by molar-refractivity contribution is -0.384. The van der Waals surface area contributed by atoms with E-state index in [4.69, 9.17) is 16.3 Å². The Morgan fingerprint density at radius 3 is 2.84 bits per heavy atom. The summed E-state index contributed by atoms with van der Waals surface area (Å²) >= 11 is 6.07. The number of nitrogens with zero attached hydrogens (tertiary/aromatic N) is 1. The van der Waals surface area contributed by atoms with Gasteiger partial charge in [-0.1, -0.05) is 11.6 Å². The number of nitro benzene ring substituents is 1. The molecule has 1 atom stereocenters. The highest BCUT2D eigenvalue weighted by Crippen LogP contribution is 2.31. The lowest BCUT2D eigenvalue weighted by Crippen LogP contribution is -2.30. The van der Waals surface area contributed by atoms with Crippen LogP contribution in [0.25, 0.3) is 0 Å². The first-order chi connectivity index (χ1) is 12.0. The van der Waals surface area contributed by atoms with Crippen LogP contribution in [0.4, 0.5) is 11.4 Å². The third kappa shape index (κ3) is 5.86. The molecule has 0 aromatic heterocycles. The fourth-order valence-corrected chi connectivity index (χ4v) is 3.30. The Balaban J connectivity index is 1.93. The van der Waals surface area contributed by atoms with E-state index in [9.17, 15) is 14.9 Å². The molecule has 1 aromatic carbocycles. The summed E-state index contributed by atoms with van der Waals surface area (Å²) < 4.78 is 5.20. The summed E-state index contributed by atoms with van der Waals surface area (Å²) in [5.74, 6) is 0.536. The van der Waals surface area contributed by atoms with Gasteiger partial charge in [0.1, 0.15) is 11.8 Å². The van der Waals surface area contributed by atoms with E-state index in [-0.39, 0.29) is 11.8 Å². The van der Waals surface area contributed by atoms with Crippen LogP contribution >= 0.6 is 11.6 Å². The fraction of sp³-hybridized carbons (Fsp3) is 0.588. The molecule has 8 heteroatoms. The zero-order valence-electron chi connectivity index (χ0n) is 14.3. The van der Waals surface area contributed by atoms with Crippen LogP contribution in [0.1, 0.15) is 31.2 Å². The first-order valence-electron chi connectivity index (χ1n) is 8.49. The zero-order chi connectivity index (χ0) is 18.2. The summed E-state index contributed by atoms with van der Waals surface area (Å²) in [6.07, 6.45) is 3.37. The molecule has 1 aromatic rings. The van der Waals surface area contributed by atoms with E-state index in [2.05, 4.69) is 10.6 Å². The number of rotatable bonds is 9. The second-order valence-corrected chi connectivity index (χ2v) is 6.78. The molecule has 1 heterocycles. The van der Waals surface area contributed by atoms with Crippen LogP contribution in [0.3, 0.4) is 0 Å². The molecule has 0 spiro atoms. The maximum Gasteiger partial charge on any atom is 0.293 e. The molecule has 7 nitrogen and oxygen atoms in total. The molecule has 0 radical (unpaired) electrons. The molecule has 0 saturated carbocycles. The molecular weight excluding hydrogens is 346 g/mol. The van der Waals surface area contributed by atoms with Crippen LogP contribution < -0.4 is 10.6 Å². The molecule has 0 amide bonds. The molecule has 2 rings (SSSR count). The Labute approximate surface area is 152 Å². The van der Waals surface area contributed by atoms with Gasteiger partial charge >= 0.3 is 0 Å². The predicted molar refractivity (Wildman–Crippen MR) is 97.1 cm³/mol. The molecule has 1 saturated heterocycles. The van der Waals surface area contributed by atoms with Gasteiger partial charge in [0.25, 0.3) is 12.2 Å². The number of carbonyl (C=O) groups is 1. The van der Waals surface area contributed by atoms with Crippen molar-refractivity contribution in [2.45, 2.75) is 38.7 Å². The van der Waals surface area contributed by atoms with Gasteiger partial charge in [-0.25, -0.2) is 0 Å². The fourth-order valence-electron chi connectivity index (χ4n) is 3.14. The van der Waals surface area contributed by atoms with Crippen LogP contribution in [-0.2, 0) is 9.53 Å². The molecule has 0 bridgehead atoms. The van der Waals surface area contributed by atoms with E-state index in [0.29, 0.717) is 41.6 Å². The maximum atomic E-state index is 11.2. The summed E-state index contributed by atoms with van der Waals surface area (Å²) in [6.45, 7) is 4.66. The lowest BCUT2D eigenvalue weighted by atomic mass is 9.91. The minimum atomic E-state index is -0.430. The number of anilines is 1. The Morgan fingerprint density at radius 2 is 2.20 bits per heavy atom. The maximum absolute atomic E-state index is 11.2. The van der Waals surface area contributed by atoms with Crippen molar-refractivity contribution in [1.82, 2.24) is 5.32 Å². The topological polar surface area (TPSA) is 93.5 Å². The van der Waals surface area contributed by atoms with E-state index < -0.39 is 4.92 Å². The zero-order valence-corrected chi connectivity index (χ0v) is 15.1. The van der Waals surface area contributed by atoms with Gasteiger partial charge in [0.05, 0.1) is 4.92 Å². The van der Waals surface area contributed by atoms with Crippen molar-refractivity contribution in [3.05, 3.63) is 32.8 Å². The third-order valence-electron chi connectivity index (χ3n) is 4.56. The average molecular weight is 370 g/mol.